The first-order chi connectivity index (χ1) is 22.2. The van der Waals surface area contributed by atoms with Crippen molar-refractivity contribution in [3.63, 3.8) is 0 Å². The quantitative estimate of drug-likeness (QED) is 0.157. The highest BCUT2D eigenvalue weighted by Crippen LogP contribution is 2.76. The third-order valence-electron chi connectivity index (χ3n) is 15.4. The van der Waals surface area contributed by atoms with Crippen LogP contribution >= 0.6 is 0 Å². The van der Waals surface area contributed by atoms with E-state index >= 15 is 0 Å². The molecule has 8 N–H and O–H groups in total. The summed E-state index contributed by atoms with van der Waals surface area (Å²) in [5.41, 5.74) is -3.75. The molecule has 0 aromatic rings. The minimum absolute atomic E-state index is 0.0411. The van der Waals surface area contributed by atoms with Crippen LogP contribution in [0.1, 0.15) is 92.9 Å². The molecule has 4 saturated carbocycles. The zero-order valence-electron chi connectivity index (χ0n) is 29.0. The Bertz CT molecular complexity index is 1350. The second-order valence-electron chi connectivity index (χ2n) is 17.8. The topological polar surface area (TPSA) is 214 Å². The summed E-state index contributed by atoms with van der Waals surface area (Å²) < 4.78 is 11.4. The summed E-state index contributed by atoms with van der Waals surface area (Å²) in [6.45, 7) is 11.4. The van der Waals surface area contributed by atoms with Crippen molar-refractivity contribution in [2.75, 3.05) is 6.61 Å². The standard InChI is InChI=1S/C36H56O12/c1-31(2)11-13-36(30(46)48-28-25(41)24(40)23(39)19(16-37)47-28)14-12-33(4)17(22(36)27(31)43)7-8-20-32(3)15-18(38)26(42)35(6,29(44)45)21(32)9-10-34(20,33)5/h7,18-28,37-43H,8-16H2,1-6H3,(H,44,45)/t18-,19-,20+,21+,22+,23-,24+,25-,26+,27+,28+,32-,33-,34-,35-,36+/m1/s1. The molecule has 0 unspecified atom stereocenters. The Morgan fingerprint density at radius 2 is 1.50 bits per heavy atom. The molecule has 1 heterocycles. The Labute approximate surface area is 282 Å². The Morgan fingerprint density at radius 3 is 2.12 bits per heavy atom. The van der Waals surface area contributed by atoms with E-state index in [2.05, 4.69) is 26.8 Å². The Morgan fingerprint density at radius 1 is 0.854 bits per heavy atom. The van der Waals surface area contributed by atoms with Crippen molar-refractivity contribution < 1.29 is 59.9 Å². The van der Waals surface area contributed by atoms with Gasteiger partial charge in [0.2, 0.25) is 6.29 Å². The number of carboxylic acid groups (broad SMARTS) is 1. The lowest BCUT2D eigenvalue weighted by molar-refractivity contribution is -0.298. The van der Waals surface area contributed by atoms with E-state index in [9.17, 15) is 50.4 Å². The van der Waals surface area contributed by atoms with Gasteiger partial charge in [0.1, 0.15) is 24.4 Å². The van der Waals surface area contributed by atoms with Gasteiger partial charge in [0.15, 0.2) is 0 Å². The van der Waals surface area contributed by atoms with Crippen LogP contribution in [0.15, 0.2) is 11.6 Å². The smallest absolute Gasteiger partial charge is 0.315 e. The molecule has 12 nitrogen and oxygen atoms in total. The first-order valence-corrected chi connectivity index (χ1v) is 17.7. The molecule has 48 heavy (non-hydrogen) atoms. The lowest BCUT2D eigenvalue weighted by Gasteiger charge is -2.71. The lowest BCUT2D eigenvalue weighted by atomic mass is 9.33. The molecule has 6 rings (SSSR count). The van der Waals surface area contributed by atoms with Crippen LogP contribution < -0.4 is 0 Å². The number of esters is 1. The number of fused-ring (bicyclic) bond motifs is 7. The maximum atomic E-state index is 14.4. The van der Waals surface area contributed by atoms with E-state index in [4.69, 9.17) is 9.47 Å². The van der Waals surface area contributed by atoms with Gasteiger partial charge >= 0.3 is 11.9 Å². The van der Waals surface area contributed by atoms with Crippen LogP contribution in [0.5, 0.6) is 0 Å². The van der Waals surface area contributed by atoms with Gasteiger partial charge in [-0.1, -0.05) is 46.3 Å². The highest BCUT2D eigenvalue weighted by atomic mass is 16.7. The largest absolute Gasteiger partial charge is 0.481 e. The normalized spacial score (nSPS) is 54.4. The maximum Gasteiger partial charge on any atom is 0.315 e. The molecule has 0 aromatic heterocycles. The summed E-state index contributed by atoms with van der Waals surface area (Å²) >= 11 is 0. The summed E-state index contributed by atoms with van der Waals surface area (Å²) in [6, 6.07) is 0. The average Bonchev–Trinajstić information content (AvgIpc) is 3.02. The van der Waals surface area contributed by atoms with E-state index in [0.717, 1.165) is 5.57 Å². The van der Waals surface area contributed by atoms with Crippen molar-refractivity contribution in [2.45, 2.75) is 142 Å². The van der Waals surface area contributed by atoms with E-state index in [1.54, 1.807) is 6.92 Å². The molecule has 0 amide bonds. The third-order valence-corrected chi connectivity index (χ3v) is 15.4. The fourth-order valence-electron chi connectivity index (χ4n) is 12.1. The number of allylic oxidation sites excluding steroid dienone is 1. The molecule has 1 aliphatic heterocycles. The summed E-state index contributed by atoms with van der Waals surface area (Å²) in [7, 11) is 0. The number of aliphatic hydroxyl groups excluding tert-OH is 7. The molecular formula is C36H56O12. The molecule has 0 radical (unpaired) electrons. The van der Waals surface area contributed by atoms with Crippen LogP contribution in [-0.2, 0) is 19.1 Å². The molecule has 5 aliphatic carbocycles. The monoisotopic (exact) mass is 680 g/mol. The van der Waals surface area contributed by atoms with E-state index in [1.807, 2.05) is 13.8 Å². The maximum absolute atomic E-state index is 14.4. The molecule has 6 aliphatic rings. The zero-order chi connectivity index (χ0) is 35.6. The van der Waals surface area contributed by atoms with Crippen LogP contribution in [0.3, 0.4) is 0 Å². The van der Waals surface area contributed by atoms with Crippen molar-refractivity contribution in [3.05, 3.63) is 11.6 Å². The van der Waals surface area contributed by atoms with Gasteiger partial charge in [-0.2, -0.15) is 0 Å². The fourth-order valence-corrected chi connectivity index (χ4v) is 12.1. The van der Waals surface area contributed by atoms with Crippen LogP contribution in [-0.4, -0.2) is 108 Å². The van der Waals surface area contributed by atoms with E-state index in [-0.39, 0.29) is 18.3 Å². The third kappa shape index (κ3) is 4.55. The number of carboxylic acids is 1. The molecule has 1 saturated heterocycles. The predicted octanol–water partition coefficient (Wildman–Crippen LogP) is 1.50. The number of hydrogen-bond donors (Lipinski definition) is 8. The number of aliphatic carboxylic acids is 1. The van der Waals surface area contributed by atoms with Crippen molar-refractivity contribution >= 4 is 11.9 Å². The van der Waals surface area contributed by atoms with E-state index < -0.39 is 106 Å². The Balaban J connectivity index is 1.40. The number of ether oxygens (including phenoxy) is 2. The highest BCUT2D eigenvalue weighted by molar-refractivity contribution is 5.79. The number of hydrogen-bond acceptors (Lipinski definition) is 11. The molecule has 0 bridgehead atoms. The van der Waals surface area contributed by atoms with Gasteiger partial charge in [0, 0.05) is 5.92 Å². The minimum atomic E-state index is -1.74. The first kappa shape index (κ1) is 36.2. The summed E-state index contributed by atoms with van der Waals surface area (Å²) in [6.07, 6.45) is -5.35. The van der Waals surface area contributed by atoms with E-state index in [0.29, 0.717) is 44.9 Å². The molecular weight excluding hydrogens is 624 g/mol. The van der Waals surface area contributed by atoms with Crippen LogP contribution in [0.4, 0.5) is 0 Å². The van der Waals surface area contributed by atoms with E-state index in [1.165, 1.54) is 0 Å². The predicted molar refractivity (Wildman–Crippen MR) is 170 cm³/mol. The van der Waals surface area contributed by atoms with Crippen molar-refractivity contribution in [3.8, 4) is 0 Å². The number of carbonyl (C=O) groups is 2. The first-order valence-electron chi connectivity index (χ1n) is 17.7. The minimum Gasteiger partial charge on any atom is -0.481 e. The van der Waals surface area contributed by atoms with Gasteiger partial charge in [0.05, 0.1) is 35.7 Å². The second-order valence-corrected chi connectivity index (χ2v) is 17.8. The molecule has 0 aromatic carbocycles. The average molecular weight is 681 g/mol. The van der Waals surface area contributed by atoms with Gasteiger partial charge in [-0.05, 0) is 91.8 Å². The fraction of sp³-hybridized carbons (Fsp3) is 0.889. The lowest BCUT2D eigenvalue weighted by Crippen LogP contribution is -2.69. The molecule has 5 fully saturated rings. The number of carbonyl (C=O) groups excluding carboxylic acids is 1. The van der Waals surface area contributed by atoms with Crippen LogP contribution in [0, 0.1) is 50.2 Å². The summed E-state index contributed by atoms with van der Waals surface area (Å²) in [5.74, 6) is -2.82. The van der Waals surface area contributed by atoms with Gasteiger partial charge in [-0.3, -0.25) is 9.59 Å². The van der Waals surface area contributed by atoms with Gasteiger partial charge in [-0.15, -0.1) is 0 Å². The van der Waals surface area contributed by atoms with Crippen LogP contribution in [0.25, 0.3) is 0 Å². The Kier molecular flexibility index (Phi) is 8.61. The second kappa shape index (κ2) is 11.4. The summed E-state index contributed by atoms with van der Waals surface area (Å²) in [5, 5.41) is 85.7. The number of aliphatic hydroxyl groups is 7. The molecule has 16 atom stereocenters. The molecule has 272 valence electrons. The SMILES string of the molecule is CC1(C)CC[C@]2(C(=O)O[C@@H]3O[C@H](CO)[C@@H](O)[C@H](O)[C@H]3O)CC[C@]3(C)C(=CC[C@H]4[C@@]5(C)C[C@@H](O)[C@H](O)[C@](C)(C(=O)O)[C@H]5CC[C@]43C)[C@H]2[C@@H]1O. The number of rotatable bonds is 4. The highest BCUT2D eigenvalue weighted by Gasteiger charge is 2.73. The van der Waals surface area contributed by atoms with Crippen molar-refractivity contribution in [1.29, 1.82) is 0 Å². The zero-order valence-corrected chi connectivity index (χ0v) is 29.0. The molecule has 0 spiro atoms. The Hall–Kier alpha value is -1.64. The molecule has 12 heteroatoms. The van der Waals surface area contributed by atoms with Crippen molar-refractivity contribution in [2.24, 2.45) is 50.2 Å². The van der Waals surface area contributed by atoms with Gasteiger partial charge < -0.3 is 50.3 Å². The van der Waals surface area contributed by atoms with Crippen LogP contribution in [0.2, 0.25) is 0 Å². The summed E-state index contributed by atoms with van der Waals surface area (Å²) in [4.78, 5) is 27.2. The van der Waals surface area contributed by atoms with Crippen molar-refractivity contribution in [1.82, 2.24) is 0 Å². The van der Waals surface area contributed by atoms with Gasteiger partial charge in [-0.25, -0.2) is 0 Å². The van der Waals surface area contributed by atoms with Gasteiger partial charge in [0.25, 0.3) is 0 Å².